The smallest absolute Gasteiger partial charge is 0.207 e. The van der Waals surface area contributed by atoms with Crippen molar-refractivity contribution < 1.29 is 14.6 Å². The number of halogens is 2. The average molecular weight is 494 g/mol. The highest BCUT2D eigenvalue weighted by atomic mass is 127. The molecule has 4 nitrogen and oxygen atoms in total. The zero-order valence-corrected chi connectivity index (χ0v) is 17.7. The summed E-state index contributed by atoms with van der Waals surface area (Å²) in [5, 5.41) is 14.1. The molecule has 0 radical (unpaired) electrons. The quantitative estimate of drug-likeness (QED) is 0.376. The van der Waals surface area contributed by atoms with Gasteiger partial charge in [-0.2, -0.15) is 0 Å². The summed E-state index contributed by atoms with van der Waals surface area (Å²) in [5.74, 6) is 0. The molecule has 2 aromatic carbocycles. The number of nitrogens with one attached hydrogen (secondary N) is 1. The molecule has 3 atom stereocenters. The van der Waals surface area contributed by atoms with Gasteiger partial charge in [-0.3, -0.25) is 4.57 Å². The molecule has 0 bridgehead atoms. The number of hydrogen-bond donors (Lipinski definition) is 3. The molecular weight excluding hydrogens is 472 g/mol. The normalized spacial score (nSPS) is 16.2. The van der Waals surface area contributed by atoms with Gasteiger partial charge >= 0.3 is 0 Å². The topological polar surface area (TPSA) is 69.6 Å². The highest BCUT2D eigenvalue weighted by Gasteiger charge is 2.23. The van der Waals surface area contributed by atoms with Crippen LogP contribution in [-0.4, -0.2) is 28.8 Å². The second-order valence-corrected chi connectivity index (χ2v) is 10.1. The first-order valence-corrected chi connectivity index (χ1v) is 11.5. The van der Waals surface area contributed by atoms with Crippen LogP contribution < -0.4 is 5.32 Å². The Bertz CT molecular complexity index is 744. The monoisotopic (exact) mass is 493 g/mol. The highest BCUT2D eigenvalue weighted by Crippen LogP contribution is 2.44. The van der Waals surface area contributed by atoms with Gasteiger partial charge in [0.05, 0.1) is 17.3 Å². The SMILES string of the molecule is CC(NCC(O)CP(=O)(O)Cc1ccccc1)c1ccc(Cl)c(I)c1. The molecule has 136 valence electrons. The molecular formula is C18H22ClINO3P. The molecule has 0 saturated carbocycles. The zero-order valence-electron chi connectivity index (χ0n) is 13.9. The van der Waals surface area contributed by atoms with Crippen LogP contribution >= 0.6 is 41.6 Å². The molecule has 0 aromatic heterocycles. The van der Waals surface area contributed by atoms with Crippen LogP contribution in [-0.2, 0) is 10.7 Å². The van der Waals surface area contributed by atoms with Crippen molar-refractivity contribution in [2.45, 2.75) is 25.2 Å². The Labute approximate surface area is 167 Å². The van der Waals surface area contributed by atoms with E-state index in [-0.39, 0.29) is 24.9 Å². The summed E-state index contributed by atoms with van der Waals surface area (Å²) in [6.45, 7) is 2.23. The fraction of sp³-hybridized carbons (Fsp3) is 0.333. The van der Waals surface area contributed by atoms with E-state index < -0.39 is 13.5 Å². The molecule has 2 rings (SSSR count). The summed E-state index contributed by atoms with van der Waals surface area (Å²) < 4.78 is 13.3. The lowest BCUT2D eigenvalue weighted by molar-refractivity contribution is 0.186. The molecule has 3 N–H and O–H groups in total. The summed E-state index contributed by atoms with van der Waals surface area (Å²) in [5.41, 5.74) is 1.86. The van der Waals surface area contributed by atoms with Gasteiger partial charge in [0.1, 0.15) is 0 Å². The predicted octanol–water partition coefficient (Wildman–Crippen LogP) is 4.43. The Balaban J connectivity index is 1.85. The van der Waals surface area contributed by atoms with Crippen LogP contribution in [0.1, 0.15) is 24.1 Å². The maximum absolute atomic E-state index is 12.3. The van der Waals surface area contributed by atoms with Gasteiger partial charge in [-0.25, -0.2) is 0 Å². The van der Waals surface area contributed by atoms with Crippen LogP contribution in [0.3, 0.4) is 0 Å². The van der Waals surface area contributed by atoms with E-state index in [4.69, 9.17) is 11.6 Å². The number of benzene rings is 2. The minimum absolute atomic E-state index is 0.00707. The Morgan fingerprint density at radius 3 is 2.56 bits per heavy atom. The third-order valence-electron chi connectivity index (χ3n) is 3.87. The molecule has 0 aliphatic heterocycles. The van der Waals surface area contributed by atoms with Gasteiger partial charge in [-0.05, 0) is 52.8 Å². The molecule has 3 unspecified atom stereocenters. The lowest BCUT2D eigenvalue weighted by atomic mass is 10.1. The van der Waals surface area contributed by atoms with Crippen molar-refractivity contribution in [3.63, 3.8) is 0 Å². The summed E-state index contributed by atoms with van der Waals surface area (Å²) in [4.78, 5) is 10.1. The number of aliphatic hydroxyl groups is 1. The summed E-state index contributed by atoms with van der Waals surface area (Å²) in [7, 11) is -3.43. The number of rotatable bonds is 8. The van der Waals surface area contributed by atoms with E-state index in [0.29, 0.717) is 5.02 Å². The molecule has 0 aliphatic rings. The predicted molar refractivity (Wildman–Crippen MR) is 111 cm³/mol. The molecule has 25 heavy (non-hydrogen) atoms. The minimum atomic E-state index is -3.43. The van der Waals surface area contributed by atoms with E-state index >= 15 is 0 Å². The van der Waals surface area contributed by atoms with Crippen molar-refractivity contribution in [3.8, 4) is 0 Å². The third kappa shape index (κ3) is 7.00. The Hall–Kier alpha value is -0.430. The van der Waals surface area contributed by atoms with Gasteiger partial charge in [0.25, 0.3) is 0 Å². The fourth-order valence-electron chi connectivity index (χ4n) is 2.54. The maximum atomic E-state index is 12.3. The molecule has 2 aromatic rings. The van der Waals surface area contributed by atoms with E-state index in [0.717, 1.165) is 14.7 Å². The lowest BCUT2D eigenvalue weighted by Crippen LogP contribution is -2.31. The zero-order chi connectivity index (χ0) is 18.4. The van der Waals surface area contributed by atoms with Crippen LogP contribution in [0.2, 0.25) is 5.02 Å². The van der Waals surface area contributed by atoms with Gasteiger partial charge in [0.2, 0.25) is 7.37 Å². The Morgan fingerprint density at radius 1 is 1.24 bits per heavy atom. The van der Waals surface area contributed by atoms with E-state index in [2.05, 4.69) is 27.9 Å². The first kappa shape index (κ1) is 20.9. The van der Waals surface area contributed by atoms with Crippen molar-refractivity contribution in [1.82, 2.24) is 5.32 Å². The minimum Gasteiger partial charge on any atom is -0.391 e. The van der Waals surface area contributed by atoms with E-state index in [1.54, 1.807) is 0 Å². The summed E-state index contributed by atoms with van der Waals surface area (Å²) >= 11 is 8.20. The summed E-state index contributed by atoms with van der Waals surface area (Å²) in [6, 6.07) is 14.9. The van der Waals surface area contributed by atoms with Gasteiger partial charge in [0, 0.05) is 22.3 Å². The van der Waals surface area contributed by atoms with Gasteiger partial charge in [0.15, 0.2) is 0 Å². The lowest BCUT2D eigenvalue weighted by Gasteiger charge is -2.20. The van der Waals surface area contributed by atoms with Crippen LogP contribution in [0, 0.1) is 3.57 Å². The standard InChI is InChI=1S/C18H22ClINO3P/c1-13(15-7-8-17(19)18(20)9-15)21-10-16(22)12-25(23,24)11-14-5-3-2-4-6-14/h2-9,13,16,21-22H,10-12H2,1H3,(H,23,24). The van der Waals surface area contributed by atoms with E-state index in [1.807, 2.05) is 55.5 Å². The Morgan fingerprint density at radius 2 is 1.92 bits per heavy atom. The van der Waals surface area contributed by atoms with Crippen LogP contribution in [0.4, 0.5) is 0 Å². The van der Waals surface area contributed by atoms with E-state index in [1.165, 1.54) is 0 Å². The molecule has 0 saturated heterocycles. The van der Waals surface area contributed by atoms with Gasteiger partial charge in [-0.15, -0.1) is 0 Å². The van der Waals surface area contributed by atoms with E-state index in [9.17, 15) is 14.6 Å². The first-order chi connectivity index (χ1) is 11.8. The van der Waals surface area contributed by atoms with Crippen molar-refractivity contribution >= 4 is 41.6 Å². The van der Waals surface area contributed by atoms with Crippen LogP contribution in [0.15, 0.2) is 48.5 Å². The molecule has 0 spiro atoms. The van der Waals surface area contributed by atoms with Crippen molar-refractivity contribution in [2.24, 2.45) is 0 Å². The maximum Gasteiger partial charge on any atom is 0.207 e. The van der Waals surface area contributed by atoms with Gasteiger partial charge < -0.3 is 15.3 Å². The fourth-order valence-corrected chi connectivity index (χ4v) is 4.89. The number of aliphatic hydroxyl groups excluding tert-OH is 1. The first-order valence-electron chi connectivity index (χ1n) is 7.98. The Kier molecular flexibility index (Phi) is 7.92. The molecule has 0 heterocycles. The molecule has 0 amide bonds. The van der Waals surface area contributed by atoms with Crippen molar-refractivity contribution in [2.75, 3.05) is 12.7 Å². The molecule has 0 aliphatic carbocycles. The molecule has 7 heteroatoms. The third-order valence-corrected chi connectivity index (χ3v) is 7.26. The second-order valence-electron chi connectivity index (χ2n) is 6.13. The van der Waals surface area contributed by atoms with Crippen molar-refractivity contribution in [3.05, 3.63) is 68.3 Å². The highest BCUT2D eigenvalue weighted by molar-refractivity contribution is 14.1. The summed E-state index contributed by atoms with van der Waals surface area (Å²) in [6.07, 6.45) is -0.927. The number of hydrogen-bond acceptors (Lipinski definition) is 3. The molecule has 0 fully saturated rings. The van der Waals surface area contributed by atoms with Crippen LogP contribution in [0.25, 0.3) is 0 Å². The van der Waals surface area contributed by atoms with Crippen molar-refractivity contribution in [1.29, 1.82) is 0 Å². The van der Waals surface area contributed by atoms with Crippen LogP contribution in [0.5, 0.6) is 0 Å². The largest absolute Gasteiger partial charge is 0.391 e. The van der Waals surface area contributed by atoms with Gasteiger partial charge in [-0.1, -0.05) is 48.0 Å². The average Bonchev–Trinajstić information content (AvgIpc) is 2.55. The second kappa shape index (κ2) is 9.49.